The molecule has 24 heavy (non-hydrogen) atoms. The van der Waals surface area contributed by atoms with E-state index in [1.807, 2.05) is 0 Å². The van der Waals surface area contributed by atoms with Gasteiger partial charge in [-0.2, -0.15) is 0 Å². The van der Waals surface area contributed by atoms with Crippen molar-refractivity contribution in [2.75, 3.05) is 4.90 Å². The van der Waals surface area contributed by atoms with E-state index in [1.165, 1.54) is 16.9 Å². The van der Waals surface area contributed by atoms with Crippen LogP contribution in [0.15, 0.2) is 72.4 Å². The van der Waals surface area contributed by atoms with Gasteiger partial charge in [0.2, 0.25) is 0 Å². The third-order valence-electron chi connectivity index (χ3n) is 4.46. The van der Waals surface area contributed by atoms with Gasteiger partial charge in [-0.15, -0.1) is 0 Å². The van der Waals surface area contributed by atoms with Gasteiger partial charge in [-0.3, -0.25) is 0 Å². The zero-order valence-corrected chi connectivity index (χ0v) is 15.1. The molecule has 0 radical (unpaired) electrons. The van der Waals surface area contributed by atoms with Gasteiger partial charge in [-0.1, -0.05) is 74.6 Å². The molecule has 0 fully saturated rings. The summed E-state index contributed by atoms with van der Waals surface area (Å²) in [6, 6.07) is 21.6. The molecule has 1 heterocycles. The fraction of sp³-hybridized carbons (Fsp3) is 0.286. The zero-order chi connectivity index (χ0) is 16.9. The summed E-state index contributed by atoms with van der Waals surface area (Å²) in [7, 11) is 0. The fourth-order valence-electron chi connectivity index (χ4n) is 3.03. The molecule has 1 aliphatic heterocycles. The fourth-order valence-corrected chi connectivity index (χ4v) is 3.32. The van der Waals surface area contributed by atoms with E-state index in [0.29, 0.717) is 12.0 Å². The van der Waals surface area contributed by atoms with Gasteiger partial charge in [-0.25, -0.2) is 0 Å². The second-order valence-electron chi connectivity index (χ2n) is 6.61. The summed E-state index contributed by atoms with van der Waals surface area (Å²) in [5.74, 6) is 0.543. The molecule has 2 aromatic rings. The molecular weight excluding hydrogens is 312 g/mol. The van der Waals surface area contributed by atoms with Crippen LogP contribution in [-0.4, -0.2) is 11.0 Å². The Bertz CT molecular complexity index is 707. The highest BCUT2D eigenvalue weighted by atomic mass is 32.1. The molecule has 2 aromatic carbocycles. The van der Waals surface area contributed by atoms with Crippen molar-refractivity contribution in [3.8, 4) is 0 Å². The smallest absolute Gasteiger partial charge is 0.101 e. The lowest BCUT2D eigenvalue weighted by Crippen LogP contribution is -2.43. The third kappa shape index (κ3) is 4.04. The number of nitrogens with one attached hydrogen (secondary N) is 1. The predicted octanol–water partition coefficient (Wildman–Crippen LogP) is 4.92. The van der Waals surface area contributed by atoms with Gasteiger partial charge in [0.05, 0.1) is 0 Å². The summed E-state index contributed by atoms with van der Waals surface area (Å²) >= 11 is 5.50. The average molecular weight is 337 g/mol. The van der Waals surface area contributed by atoms with E-state index in [-0.39, 0.29) is 0 Å². The topological polar surface area (TPSA) is 15.3 Å². The molecule has 1 aliphatic rings. The van der Waals surface area contributed by atoms with Crippen LogP contribution in [0.25, 0.3) is 0 Å². The standard InChI is InChI=1S/C21H24N2S/c1-16(2)20-13-19(14-21(24)22-20)23(18-11-7-4-8-12-18)15-17-9-5-3-6-10-17/h3-12,14,16,20H,13,15H2,1-2H3,(H,22,24)/t20-/m0/s1. The summed E-state index contributed by atoms with van der Waals surface area (Å²) in [4.78, 5) is 3.22. The number of nitrogens with zero attached hydrogens (tertiary/aromatic N) is 1. The molecular formula is C21H24N2S. The van der Waals surface area contributed by atoms with Gasteiger partial charge >= 0.3 is 0 Å². The predicted molar refractivity (Wildman–Crippen MR) is 106 cm³/mol. The Labute approximate surface area is 150 Å². The maximum Gasteiger partial charge on any atom is 0.101 e. The minimum absolute atomic E-state index is 0.388. The molecule has 0 spiro atoms. The first-order valence-corrected chi connectivity index (χ1v) is 8.92. The minimum Gasteiger partial charge on any atom is -0.373 e. The minimum atomic E-state index is 0.388. The molecule has 0 saturated carbocycles. The van der Waals surface area contributed by atoms with Crippen LogP contribution in [-0.2, 0) is 6.54 Å². The Morgan fingerprint density at radius 2 is 1.67 bits per heavy atom. The molecule has 3 rings (SSSR count). The Kier molecular flexibility index (Phi) is 5.31. The Morgan fingerprint density at radius 3 is 2.29 bits per heavy atom. The number of benzene rings is 2. The molecule has 1 N–H and O–H groups in total. The normalized spacial score (nSPS) is 17.4. The molecule has 3 heteroatoms. The van der Waals surface area contributed by atoms with Gasteiger partial charge in [0.25, 0.3) is 0 Å². The summed E-state index contributed by atoms with van der Waals surface area (Å²) in [5, 5.41) is 3.44. The lowest BCUT2D eigenvalue weighted by Gasteiger charge is -2.35. The molecule has 0 aromatic heterocycles. The monoisotopic (exact) mass is 336 g/mol. The zero-order valence-electron chi connectivity index (χ0n) is 14.3. The molecule has 0 saturated heterocycles. The molecule has 0 amide bonds. The highest BCUT2D eigenvalue weighted by Crippen LogP contribution is 2.28. The van der Waals surface area contributed by atoms with Gasteiger partial charge in [-0.05, 0) is 29.7 Å². The molecule has 2 nitrogen and oxygen atoms in total. The molecule has 1 atom stereocenters. The van der Waals surface area contributed by atoms with Crippen LogP contribution >= 0.6 is 12.2 Å². The van der Waals surface area contributed by atoms with Crippen LogP contribution in [0, 0.1) is 5.92 Å². The quantitative estimate of drug-likeness (QED) is 0.780. The Balaban J connectivity index is 1.94. The van der Waals surface area contributed by atoms with E-state index in [4.69, 9.17) is 12.2 Å². The summed E-state index contributed by atoms with van der Waals surface area (Å²) in [6.07, 6.45) is 3.10. The van der Waals surface area contributed by atoms with Crippen molar-refractivity contribution in [2.45, 2.75) is 32.9 Å². The van der Waals surface area contributed by atoms with Gasteiger partial charge < -0.3 is 10.2 Å². The van der Waals surface area contributed by atoms with E-state index >= 15 is 0 Å². The first-order valence-electron chi connectivity index (χ1n) is 8.51. The van der Waals surface area contributed by atoms with E-state index in [0.717, 1.165) is 18.0 Å². The van der Waals surface area contributed by atoms with Gasteiger partial charge in [0.1, 0.15) is 4.99 Å². The highest BCUT2D eigenvalue weighted by molar-refractivity contribution is 7.80. The Morgan fingerprint density at radius 1 is 1.04 bits per heavy atom. The van der Waals surface area contributed by atoms with Crippen LogP contribution in [0.1, 0.15) is 25.8 Å². The van der Waals surface area contributed by atoms with Crippen LogP contribution in [0.3, 0.4) is 0 Å². The summed E-state index contributed by atoms with van der Waals surface area (Å²) in [5.41, 5.74) is 3.79. The van der Waals surface area contributed by atoms with Gasteiger partial charge in [0, 0.05) is 30.4 Å². The third-order valence-corrected chi connectivity index (χ3v) is 4.69. The van der Waals surface area contributed by atoms with Gasteiger partial charge in [0.15, 0.2) is 0 Å². The van der Waals surface area contributed by atoms with E-state index in [9.17, 15) is 0 Å². The lowest BCUT2D eigenvalue weighted by molar-refractivity contribution is 0.442. The van der Waals surface area contributed by atoms with Crippen molar-refractivity contribution < 1.29 is 0 Å². The van der Waals surface area contributed by atoms with Crippen molar-refractivity contribution in [2.24, 2.45) is 5.92 Å². The number of thiocarbonyl (C=S) groups is 1. The maximum atomic E-state index is 5.50. The number of anilines is 1. The van der Waals surface area contributed by atoms with E-state index < -0.39 is 0 Å². The number of hydrogen-bond donors (Lipinski definition) is 1. The number of hydrogen-bond acceptors (Lipinski definition) is 2. The van der Waals surface area contributed by atoms with Crippen molar-refractivity contribution >= 4 is 22.9 Å². The number of para-hydroxylation sites is 1. The Hall–Kier alpha value is -2.13. The number of rotatable bonds is 5. The van der Waals surface area contributed by atoms with Crippen molar-refractivity contribution in [3.63, 3.8) is 0 Å². The first-order chi connectivity index (χ1) is 11.6. The lowest BCUT2D eigenvalue weighted by atomic mass is 9.95. The van der Waals surface area contributed by atoms with Crippen molar-refractivity contribution in [1.29, 1.82) is 0 Å². The SMILES string of the molecule is CC(C)[C@@H]1CC(N(Cc2ccccc2)c2ccccc2)=CC(=S)N1. The highest BCUT2D eigenvalue weighted by Gasteiger charge is 2.24. The second kappa shape index (κ2) is 7.63. The van der Waals surface area contributed by atoms with Crippen molar-refractivity contribution in [1.82, 2.24) is 5.32 Å². The maximum absolute atomic E-state index is 5.50. The van der Waals surface area contributed by atoms with E-state index in [1.54, 1.807) is 0 Å². The second-order valence-corrected chi connectivity index (χ2v) is 7.05. The summed E-state index contributed by atoms with van der Waals surface area (Å²) < 4.78 is 0. The van der Waals surface area contributed by atoms with Crippen LogP contribution < -0.4 is 10.2 Å². The van der Waals surface area contributed by atoms with Crippen molar-refractivity contribution in [3.05, 3.63) is 78.0 Å². The molecule has 0 bridgehead atoms. The van der Waals surface area contributed by atoms with Crippen LogP contribution in [0.5, 0.6) is 0 Å². The molecule has 124 valence electrons. The van der Waals surface area contributed by atoms with Crippen LogP contribution in [0.2, 0.25) is 0 Å². The molecule has 0 aliphatic carbocycles. The largest absolute Gasteiger partial charge is 0.373 e. The van der Waals surface area contributed by atoms with Crippen LogP contribution in [0.4, 0.5) is 5.69 Å². The summed E-state index contributed by atoms with van der Waals surface area (Å²) in [6.45, 7) is 5.34. The molecule has 0 unspecified atom stereocenters. The average Bonchev–Trinajstić information content (AvgIpc) is 2.60. The first kappa shape index (κ1) is 16.7. The van der Waals surface area contributed by atoms with E-state index in [2.05, 4.69) is 90.8 Å².